The van der Waals surface area contributed by atoms with Crippen molar-refractivity contribution in [2.24, 2.45) is 0 Å². The highest BCUT2D eigenvalue weighted by Crippen LogP contribution is 2.21. The van der Waals surface area contributed by atoms with Crippen molar-refractivity contribution in [3.8, 4) is 0 Å². The van der Waals surface area contributed by atoms with Crippen molar-refractivity contribution < 1.29 is 9.53 Å². The van der Waals surface area contributed by atoms with Crippen LogP contribution in [-0.2, 0) is 22.5 Å². The zero-order chi connectivity index (χ0) is 24.6. The number of carbonyl (C=O) groups excluding carboxylic acids is 1. The number of ether oxygens (including phenoxy) is 1. The Balaban J connectivity index is 1.46. The van der Waals surface area contributed by atoms with E-state index in [4.69, 9.17) is 21.4 Å². The second-order valence-corrected chi connectivity index (χ2v) is 9.67. The highest BCUT2D eigenvalue weighted by Gasteiger charge is 2.25. The molecule has 0 N–H and O–H groups in total. The summed E-state index contributed by atoms with van der Waals surface area (Å²) >= 11 is 6.05. The summed E-state index contributed by atoms with van der Waals surface area (Å²) in [6.07, 6.45) is 9.11. The van der Waals surface area contributed by atoms with Crippen molar-refractivity contribution in [1.82, 2.24) is 19.7 Å². The molecular weight excluding hydrogens is 464 g/mol. The topological polar surface area (TPSA) is 77.3 Å². The van der Waals surface area contributed by atoms with Gasteiger partial charge in [0.2, 0.25) is 0 Å². The predicted molar refractivity (Wildman–Crippen MR) is 138 cm³/mol. The van der Waals surface area contributed by atoms with E-state index in [-0.39, 0.29) is 17.4 Å². The van der Waals surface area contributed by atoms with E-state index in [0.29, 0.717) is 42.8 Å². The van der Waals surface area contributed by atoms with Crippen LogP contribution in [0.2, 0.25) is 5.02 Å². The minimum absolute atomic E-state index is 0.0714. The first-order valence-electron chi connectivity index (χ1n) is 12.4. The number of fused-ring (bicyclic) bond motifs is 1. The van der Waals surface area contributed by atoms with Crippen LogP contribution in [-0.4, -0.2) is 58.3 Å². The lowest BCUT2D eigenvalue weighted by Gasteiger charge is -2.25. The zero-order valence-electron chi connectivity index (χ0n) is 20.3. The number of carbonyl (C=O) groups is 1. The molecule has 0 spiro atoms. The highest BCUT2D eigenvalue weighted by atomic mass is 35.5. The van der Waals surface area contributed by atoms with Crippen LogP contribution in [0.1, 0.15) is 49.8 Å². The van der Waals surface area contributed by atoms with Crippen molar-refractivity contribution in [3.05, 3.63) is 69.4 Å². The van der Waals surface area contributed by atoms with Crippen molar-refractivity contribution in [3.63, 3.8) is 0 Å². The van der Waals surface area contributed by atoms with Crippen LogP contribution < -0.4 is 5.56 Å². The number of Topliss-reactive ketones (excluding diaryl/α,β-unsaturated/α-hetero) is 1. The molecule has 4 rings (SSSR count). The van der Waals surface area contributed by atoms with E-state index >= 15 is 0 Å². The van der Waals surface area contributed by atoms with E-state index in [9.17, 15) is 9.59 Å². The van der Waals surface area contributed by atoms with Crippen LogP contribution in [0.4, 0.5) is 0 Å². The summed E-state index contributed by atoms with van der Waals surface area (Å²) in [7, 11) is 1.62. The number of hydrogen-bond acceptors (Lipinski definition) is 6. The van der Waals surface area contributed by atoms with Crippen LogP contribution >= 0.6 is 11.6 Å². The number of unbranched alkanes of at least 4 members (excludes halogenated alkanes) is 1. The Morgan fingerprint density at radius 1 is 1.14 bits per heavy atom. The predicted octanol–water partition coefficient (Wildman–Crippen LogP) is 4.28. The fourth-order valence-corrected chi connectivity index (χ4v) is 4.94. The molecule has 1 aliphatic rings. The quantitative estimate of drug-likeness (QED) is 0.348. The molecule has 1 aliphatic heterocycles. The molecule has 3 heterocycles. The summed E-state index contributed by atoms with van der Waals surface area (Å²) in [6, 6.07) is 9.77. The molecule has 3 aromatic rings. The smallest absolute Gasteiger partial charge is 0.274 e. The molecule has 1 saturated heterocycles. The lowest BCUT2D eigenvalue weighted by Crippen LogP contribution is -2.38. The minimum atomic E-state index is -0.0714. The van der Waals surface area contributed by atoms with Gasteiger partial charge in [-0.3, -0.25) is 19.5 Å². The van der Waals surface area contributed by atoms with Crippen molar-refractivity contribution in [2.45, 2.75) is 57.5 Å². The number of methoxy groups -OCH3 is 1. The normalized spacial score (nSPS) is 16.2. The van der Waals surface area contributed by atoms with Gasteiger partial charge in [0.25, 0.3) is 5.56 Å². The van der Waals surface area contributed by atoms with Gasteiger partial charge >= 0.3 is 0 Å². The molecule has 7 nitrogen and oxygen atoms in total. The number of halogens is 1. The van der Waals surface area contributed by atoms with E-state index in [1.54, 1.807) is 30.3 Å². The fraction of sp³-hybridized carbons (Fsp3) is 0.481. The summed E-state index contributed by atoms with van der Waals surface area (Å²) in [6.45, 7) is 3.02. The molecule has 0 saturated carbocycles. The van der Waals surface area contributed by atoms with Gasteiger partial charge in [-0.2, -0.15) is 5.10 Å². The van der Waals surface area contributed by atoms with E-state index in [1.807, 2.05) is 24.3 Å². The number of pyridine rings is 1. The molecule has 2 aromatic heterocycles. The van der Waals surface area contributed by atoms with Gasteiger partial charge in [0.1, 0.15) is 5.78 Å². The van der Waals surface area contributed by atoms with E-state index in [1.165, 1.54) is 0 Å². The van der Waals surface area contributed by atoms with Gasteiger partial charge in [0.05, 0.1) is 24.2 Å². The number of rotatable bonds is 12. The molecular formula is C27H33ClN4O3. The summed E-state index contributed by atoms with van der Waals surface area (Å²) < 4.78 is 6.63. The molecule has 186 valence electrons. The van der Waals surface area contributed by atoms with E-state index in [0.717, 1.165) is 55.4 Å². The summed E-state index contributed by atoms with van der Waals surface area (Å²) in [5.41, 5.74) is 1.85. The number of hydrogen-bond donors (Lipinski definition) is 0. The van der Waals surface area contributed by atoms with Crippen LogP contribution in [0.15, 0.2) is 47.5 Å². The summed E-state index contributed by atoms with van der Waals surface area (Å²) in [5.74, 6) is 0.263. The number of nitrogens with zero attached hydrogens (tertiary/aromatic N) is 4. The lowest BCUT2D eigenvalue weighted by atomic mass is 10.1. The standard InChI is InChI=1S/C27H33ClN4O3/c1-35-16-12-23(33)6-2-3-14-31-15-4-5-22(31)19-32-27(34)24-11-13-29-18-25(24)26(30-32)17-20-7-9-21(28)10-8-20/h7-11,13,18,22H,2-6,12,14-17,19H2,1H3/t22-/m1/s1. The Kier molecular flexibility index (Phi) is 9.01. The fourth-order valence-electron chi connectivity index (χ4n) is 4.82. The number of ketones is 1. The van der Waals surface area contributed by atoms with Crippen LogP contribution in [0.3, 0.4) is 0 Å². The minimum Gasteiger partial charge on any atom is -0.384 e. The Morgan fingerprint density at radius 3 is 2.77 bits per heavy atom. The van der Waals surface area contributed by atoms with Gasteiger partial charge < -0.3 is 4.74 Å². The molecule has 0 unspecified atom stereocenters. The second-order valence-electron chi connectivity index (χ2n) is 9.23. The monoisotopic (exact) mass is 496 g/mol. The molecule has 1 aromatic carbocycles. The molecule has 35 heavy (non-hydrogen) atoms. The van der Waals surface area contributed by atoms with Crippen molar-refractivity contribution in [1.29, 1.82) is 0 Å². The molecule has 8 heteroatoms. The first-order chi connectivity index (χ1) is 17.0. The van der Waals surface area contributed by atoms with Crippen LogP contribution in [0.5, 0.6) is 0 Å². The molecule has 0 bridgehead atoms. The number of likely N-dealkylation sites (tertiary alicyclic amines) is 1. The van der Waals surface area contributed by atoms with Crippen LogP contribution in [0.25, 0.3) is 10.8 Å². The lowest BCUT2D eigenvalue weighted by molar-refractivity contribution is -0.120. The van der Waals surface area contributed by atoms with Crippen molar-refractivity contribution >= 4 is 28.2 Å². The Hall–Kier alpha value is -2.61. The van der Waals surface area contributed by atoms with Gasteiger partial charge in [-0.05, 0) is 62.5 Å². The summed E-state index contributed by atoms with van der Waals surface area (Å²) in [5, 5.41) is 6.95. The molecule has 1 fully saturated rings. The Labute approximate surface area is 211 Å². The third kappa shape index (κ3) is 6.75. The van der Waals surface area contributed by atoms with Gasteiger partial charge in [0.15, 0.2) is 0 Å². The largest absolute Gasteiger partial charge is 0.384 e. The Bertz CT molecular complexity index is 1200. The Morgan fingerprint density at radius 2 is 1.97 bits per heavy atom. The zero-order valence-corrected chi connectivity index (χ0v) is 21.0. The summed E-state index contributed by atoms with van der Waals surface area (Å²) in [4.78, 5) is 31.8. The highest BCUT2D eigenvalue weighted by molar-refractivity contribution is 6.30. The maximum atomic E-state index is 13.3. The molecule has 1 atom stereocenters. The van der Waals surface area contributed by atoms with Gasteiger partial charge in [-0.25, -0.2) is 4.68 Å². The third-order valence-corrected chi connectivity index (χ3v) is 6.99. The molecule has 0 radical (unpaired) electrons. The molecule has 0 amide bonds. The van der Waals surface area contributed by atoms with E-state index < -0.39 is 0 Å². The average Bonchev–Trinajstić information content (AvgIpc) is 3.31. The molecule has 0 aliphatic carbocycles. The van der Waals surface area contributed by atoms with Gasteiger partial charge in [-0.1, -0.05) is 23.7 Å². The van der Waals surface area contributed by atoms with E-state index in [2.05, 4.69) is 9.88 Å². The second kappa shape index (κ2) is 12.4. The maximum Gasteiger partial charge on any atom is 0.274 e. The first-order valence-corrected chi connectivity index (χ1v) is 12.8. The average molecular weight is 497 g/mol. The van der Waals surface area contributed by atoms with Crippen molar-refractivity contribution in [2.75, 3.05) is 26.8 Å². The maximum absolute atomic E-state index is 13.3. The first kappa shape index (κ1) is 25.5. The number of benzene rings is 1. The SMILES string of the molecule is COCCC(=O)CCCCN1CCC[C@@H]1Cn1nc(Cc2ccc(Cl)cc2)c2cnccc2c1=O. The van der Waals surface area contributed by atoms with Gasteiger partial charge in [0, 0.05) is 55.2 Å². The third-order valence-electron chi connectivity index (χ3n) is 6.74. The van der Waals surface area contributed by atoms with Gasteiger partial charge in [-0.15, -0.1) is 0 Å². The van der Waals surface area contributed by atoms with Crippen LogP contribution in [0, 0.1) is 0 Å². The number of aromatic nitrogens is 3.